The van der Waals surface area contributed by atoms with Crippen molar-refractivity contribution >= 4 is 21.6 Å². The summed E-state index contributed by atoms with van der Waals surface area (Å²) in [5, 5.41) is 2.64. The molecule has 9 heteroatoms. The Morgan fingerprint density at radius 3 is 2.44 bits per heavy atom. The highest BCUT2D eigenvalue weighted by Gasteiger charge is 2.24. The van der Waals surface area contributed by atoms with Gasteiger partial charge in [0.15, 0.2) is 5.76 Å². The van der Waals surface area contributed by atoms with Crippen LogP contribution in [0.2, 0.25) is 0 Å². The van der Waals surface area contributed by atoms with Gasteiger partial charge >= 0.3 is 0 Å². The standard InChI is InChI=1S/C23H25FN2O5S/c1-4-26(5-2)32(28,29)16-11-12-21(30-6-3)19(15-16)25-23(27)22-14-13-20(31-22)17-9-7-8-10-18(17)24/h7-15H,4-6H2,1-3H3,(H,25,27). The third-order valence-electron chi connectivity index (χ3n) is 4.81. The fourth-order valence-corrected chi connectivity index (χ4v) is 4.70. The maximum Gasteiger partial charge on any atom is 0.291 e. The van der Waals surface area contributed by atoms with Gasteiger partial charge in [0.05, 0.1) is 22.8 Å². The van der Waals surface area contributed by atoms with Crippen LogP contribution in [0, 0.1) is 5.82 Å². The maximum absolute atomic E-state index is 14.0. The highest BCUT2D eigenvalue weighted by atomic mass is 32.2. The van der Waals surface area contributed by atoms with E-state index in [9.17, 15) is 17.6 Å². The first-order valence-corrected chi connectivity index (χ1v) is 11.7. The molecular formula is C23H25FN2O5S. The Hall–Kier alpha value is -3.17. The number of anilines is 1. The number of nitrogens with zero attached hydrogens (tertiary/aromatic N) is 1. The average Bonchev–Trinajstić information content (AvgIpc) is 3.26. The summed E-state index contributed by atoms with van der Waals surface area (Å²) in [6.07, 6.45) is 0. The van der Waals surface area contributed by atoms with E-state index < -0.39 is 21.7 Å². The van der Waals surface area contributed by atoms with E-state index in [0.717, 1.165) is 0 Å². The summed E-state index contributed by atoms with van der Waals surface area (Å²) in [5.41, 5.74) is 0.419. The number of rotatable bonds is 9. The number of ether oxygens (including phenoxy) is 1. The normalized spacial score (nSPS) is 11.5. The molecule has 1 heterocycles. The van der Waals surface area contributed by atoms with Crippen LogP contribution in [0.3, 0.4) is 0 Å². The third-order valence-corrected chi connectivity index (χ3v) is 6.86. The Kier molecular flexibility index (Phi) is 7.32. The van der Waals surface area contributed by atoms with Crippen LogP contribution < -0.4 is 10.1 Å². The zero-order valence-corrected chi connectivity index (χ0v) is 18.9. The average molecular weight is 461 g/mol. The minimum Gasteiger partial charge on any atom is -0.492 e. The zero-order valence-electron chi connectivity index (χ0n) is 18.1. The highest BCUT2D eigenvalue weighted by Crippen LogP contribution is 2.31. The third kappa shape index (κ3) is 4.84. The number of halogens is 1. The monoisotopic (exact) mass is 460 g/mol. The van der Waals surface area contributed by atoms with Crippen molar-refractivity contribution in [2.24, 2.45) is 0 Å². The first-order chi connectivity index (χ1) is 15.3. The molecule has 1 N–H and O–H groups in total. The molecule has 2 aromatic carbocycles. The Bertz CT molecular complexity index is 1200. The summed E-state index contributed by atoms with van der Waals surface area (Å²) in [7, 11) is -3.73. The van der Waals surface area contributed by atoms with Gasteiger partial charge in [-0.25, -0.2) is 12.8 Å². The number of hydrogen-bond acceptors (Lipinski definition) is 5. The van der Waals surface area contributed by atoms with E-state index in [1.54, 1.807) is 39.0 Å². The molecule has 0 saturated heterocycles. The first-order valence-electron chi connectivity index (χ1n) is 10.2. The topological polar surface area (TPSA) is 88.9 Å². The van der Waals surface area contributed by atoms with E-state index in [4.69, 9.17) is 9.15 Å². The minimum absolute atomic E-state index is 0.0337. The number of amides is 1. The van der Waals surface area contributed by atoms with Crippen LogP contribution in [0.1, 0.15) is 31.3 Å². The van der Waals surface area contributed by atoms with Crippen LogP contribution in [0.15, 0.2) is 63.9 Å². The van der Waals surface area contributed by atoms with E-state index in [1.807, 2.05) is 0 Å². The molecule has 170 valence electrons. The van der Waals surface area contributed by atoms with Gasteiger partial charge in [-0.05, 0) is 49.4 Å². The number of benzene rings is 2. The lowest BCUT2D eigenvalue weighted by atomic mass is 10.1. The van der Waals surface area contributed by atoms with Gasteiger partial charge in [-0.2, -0.15) is 4.31 Å². The highest BCUT2D eigenvalue weighted by molar-refractivity contribution is 7.89. The molecule has 0 aliphatic rings. The molecule has 0 unspecified atom stereocenters. The fraction of sp³-hybridized carbons (Fsp3) is 0.261. The van der Waals surface area contributed by atoms with Crippen LogP contribution in [0.4, 0.5) is 10.1 Å². The van der Waals surface area contributed by atoms with Crippen LogP contribution in [0.25, 0.3) is 11.3 Å². The second-order valence-electron chi connectivity index (χ2n) is 6.78. The molecule has 0 saturated carbocycles. The van der Waals surface area contributed by atoms with Gasteiger partial charge in [-0.15, -0.1) is 0 Å². The van der Waals surface area contributed by atoms with Gasteiger partial charge in [0.2, 0.25) is 10.0 Å². The smallest absolute Gasteiger partial charge is 0.291 e. The van der Waals surface area contributed by atoms with Crippen molar-refractivity contribution in [3.05, 3.63) is 66.2 Å². The lowest BCUT2D eigenvalue weighted by Crippen LogP contribution is -2.30. The van der Waals surface area contributed by atoms with Crippen molar-refractivity contribution in [1.82, 2.24) is 4.31 Å². The summed E-state index contributed by atoms with van der Waals surface area (Å²) in [6.45, 7) is 6.24. The second-order valence-corrected chi connectivity index (χ2v) is 8.72. The maximum atomic E-state index is 14.0. The molecule has 0 aliphatic carbocycles. The van der Waals surface area contributed by atoms with Gasteiger partial charge in [0.25, 0.3) is 5.91 Å². The molecule has 3 rings (SSSR count). The Balaban J connectivity index is 1.92. The van der Waals surface area contributed by atoms with E-state index in [0.29, 0.717) is 25.4 Å². The van der Waals surface area contributed by atoms with Crippen LogP contribution in [-0.2, 0) is 10.0 Å². The van der Waals surface area contributed by atoms with E-state index in [1.165, 1.54) is 40.7 Å². The molecule has 0 aliphatic heterocycles. The SMILES string of the molecule is CCOc1ccc(S(=O)(=O)N(CC)CC)cc1NC(=O)c1ccc(-c2ccccc2F)o1. The number of hydrogen-bond donors (Lipinski definition) is 1. The minimum atomic E-state index is -3.73. The number of furan rings is 1. The number of nitrogens with one attached hydrogen (secondary N) is 1. The quantitative estimate of drug-likeness (QED) is 0.497. The Labute approximate surface area is 186 Å². The van der Waals surface area contributed by atoms with Crippen molar-refractivity contribution < 1.29 is 26.8 Å². The van der Waals surface area contributed by atoms with Crippen molar-refractivity contribution in [2.45, 2.75) is 25.7 Å². The Morgan fingerprint density at radius 2 is 1.78 bits per heavy atom. The lowest BCUT2D eigenvalue weighted by molar-refractivity contribution is 0.0997. The molecule has 7 nitrogen and oxygen atoms in total. The molecule has 3 aromatic rings. The van der Waals surface area contributed by atoms with E-state index >= 15 is 0 Å². The molecule has 0 fully saturated rings. The number of carbonyl (C=O) groups excluding carboxylic acids is 1. The van der Waals surface area contributed by atoms with Crippen LogP contribution in [0.5, 0.6) is 5.75 Å². The van der Waals surface area contributed by atoms with Crippen LogP contribution in [-0.4, -0.2) is 38.3 Å². The van der Waals surface area contributed by atoms with Crippen molar-refractivity contribution in [2.75, 3.05) is 25.0 Å². The van der Waals surface area contributed by atoms with E-state index in [-0.39, 0.29) is 27.7 Å². The van der Waals surface area contributed by atoms with Gasteiger partial charge in [0, 0.05) is 13.1 Å². The summed E-state index contributed by atoms with van der Waals surface area (Å²) < 4.78 is 52.2. The molecule has 1 aromatic heterocycles. The summed E-state index contributed by atoms with van der Waals surface area (Å²) in [4.78, 5) is 12.8. The molecule has 1 amide bonds. The van der Waals surface area contributed by atoms with Crippen molar-refractivity contribution in [1.29, 1.82) is 0 Å². The second kappa shape index (κ2) is 9.97. The predicted octanol–water partition coefficient (Wildman–Crippen LogP) is 4.77. The first kappa shape index (κ1) is 23.5. The summed E-state index contributed by atoms with van der Waals surface area (Å²) in [6, 6.07) is 13.3. The predicted molar refractivity (Wildman–Crippen MR) is 120 cm³/mol. The largest absolute Gasteiger partial charge is 0.492 e. The van der Waals surface area contributed by atoms with Gasteiger partial charge in [-0.3, -0.25) is 4.79 Å². The lowest BCUT2D eigenvalue weighted by Gasteiger charge is -2.19. The number of carbonyl (C=O) groups is 1. The molecule has 32 heavy (non-hydrogen) atoms. The number of sulfonamides is 1. The van der Waals surface area contributed by atoms with Crippen molar-refractivity contribution in [3.63, 3.8) is 0 Å². The molecule has 0 bridgehead atoms. The van der Waals surface area contributed by atoms with Gasteiger partial charge < -0.3 is 14.5 Å². The van der Waals surface area contributed by atoms with E-state index in [2.05, 4.69) is 5.32 Å². The molecule has 0 radical (unpaired) electrons. The zero-order chi connectivity index (χ0) is 23.3. The summed E-state index contributed by atoms with van der Waals surface area (Å²) >= 11 is 0. The summed E-state index contributed by atoms with van der Waals surface area (Å²) in [5.74, 6) is -0.619. The molecule has 0 spiro atoms. The van der Waals surface area contributed by atoms with Crippen LogP contribution >= 0.6 is 0 Å². The molecular weight excluding hydrogens is 435 g/mol. The Morgan fingerprint density at radius 1 is 1.06 bits per heavy atom. The van der Waals surface area contributed by atoms with Crippen molar-refractivity contribution in [3.8, 4) is 17.1 Å². The fourth-order valence-electron chi connectivity index (χ4n) is 3.21. The van der Waals surface area contributed by atoms with Gasteiger partial charge in [0.1, 0.15) is 17.3 Å². The van der Waals surface area contributed by atoms with Gasteiger partial charge in [-0.1, -0.05) is 26.0 Å². The molecule has 0 atom stereocenters.